The zero-order valence-electron chi connectivity index (χ0n) is 37.5. The summed E-state index contributed by atoms with van der Waals surface area (Å²) in [6, 6.07) is 0. The Kier molecular flexibility index (Phi) is 45.9. The van der Waals surface area contributed by atoms with Crippen LogP contribution in [0.5, 0.6) is 0 Å². The smallest absolute Gasteiger partial charge is 0.306 e. The molecule has 0 bridgehead atoms. The highest BCUT2D eigenvalue weighted by atomic mass is 16.6. The molecule has 0 aliphatic heterocycles. The van der Waals surface area contributed by atoms with E-state index in [1.807, 2.05) is 0 Å². The molecule has 5 heteroatoms. The van der Waals surface area contributed by atoms with E-state index in [0.29, 0.717) is 26.1 Å². The SMILES string of the molecule is CCCC/C=C\CCCCCCCC(=O)O[C@H](COCCCCCCCCCCCCCCCCCC)COC(=O)CCCCCCCCCCCCCC. The number of hydrogen-bond donors (Lipinski definition) is 0. The van der Waals surface area contributed by atoms with Crippen LogP contribution in [-0.4, -0.2) is 37.9 Å². The van der Waals surface area contributed by atoms with E-state index in [0.717, 1.165) is 44.9 Å². The van der Waals surface area contributed by atoms with Crippen molar-refractivity contribution < 1.29 is 23.8 Å². The van der Waals surface area contributed by atoms with Crippen molar-refractivity contribution in [3.63, 3.8) is 0 Å². The van der Waals surface area contributed by atoms with Crippen molar-refractivity contribution in [1.82, 2.24) is 0 Å². The van der Waals surface area contributed by atoms with Crippen molar-refractivity contribution in [1.29, 1.82) is 0 Å². The fourth-order valence-corrected chi connectivity index (χ4v) is 7.32. The van der Waals surface area contributed by atoms with Crippen LogP contribution in [0, 0.1) is 0 Å². The molecule has 0 heterocycles. The van der Waals surface area contributed by atoms with Gasteiger partial charge in [0.1, 0.15) is 6.61 Å². The van der Waals surface area contributed by atoms with Crippen molar-refractivity contribution in [2.45, 2.75) is 277 Å². The Labute approximate surface area is 344 Å². The minimum atomic E-state index is -0.529. The molecule has 5 nitrogen and oxygen atoms in total. The van der Waals surface area contributed by atoms with E-state index in [9.17, 15) is 9.59 Å². The fourth-order valence-electron chi connectivity index (χ4n) is 7.32. The molecule has 0 spiro atoms. The third kappa shape index (κ3) is 45.2. The number of unbranched alkanes of at least 4 members (excludes halogenated alkanes) is 33. The molecule has 0 saturated carbocycles. The summed E-state index contributed by atoms with van der Waals surface area (Å²) < 4.78 is 17.4. The topological polar surface area (TPSA) is 61.8 Å². The number of rotatable bonds is 46. The second-order valence-electron chi connectivity index (χ2n) is 16.7. The van der Waals surface area contributed by atoms with Gasteiger partial charge < -0.3 is 14.2 Å². The van der Waals surface area contributed by atoms with E-state index in [4.69, 9.17) is 14.2 Å². The number of esters is 2. The predicted molar refractivity (Wildman–Crippen MR) is 238 cm³/mol. The monoisotopic (exact) mass is 777 g/mol. The minimum Gasteiger partial charge on any atom is -0.462 e. The largest absolute Gasteiger partial charge is 0.462 e. The van der Waals surface area contributed by atoms with Gasteiger partial charge in [0, 0.05) is 19.4 Å². The van der Waals surface area contributed by atoms with E-state index in [2.05, 4.69) is 32.9 Å². The Morgan fingerprint density at radius 2 is 0.727 bits per heavy atom. The van der Waals surface area contributed by atoms with E-state index in [-0.39, 0.29) is 18.5 Å². The summed E-state index contributed by atoms with van der Waals surface area (Å²) in [4.78, 5) is 25.3. The molecule has 0 amide bonds. The van der Waals surface area contributed by atoms with E-state index in [1.165, 1.54) is 193 Å². The molecule has 0 aliphatic rings. The van der Waals surface area contributed by atoms with Gasteiger partial charge in [0.05, 0.1) is 6.61 Å². The molecular weight excluding hydrogens is 681 g/mol. The minimum absolute atomic E-state index is 0.0908. The number of allylic oxidation sites excluding steroid dienone is 2. The lowest BCUT2D eigenvalue weighted by molar-refractivity contribution is -0.163. The molecule has 0 fully saturated rings. The standard InChI is InChI=1S/C50H96O5/c1-4-7-10-13-16-19-22-24-25-26-27-30-33-36-39-42-45-53-46-48(55-50(52)44-41-38-35-32-28-21-18-15-12-9-6-3)47-54-49(51)43-40-37-34-31-29-23-20-17-14-11-8-5-2/h15,18,48H,4-14,16-17,19-47H2,1-3H3/b18-15-/t48-/m1/s1. The van der Waals surface area contributed by atoms with Crippen LogP contribution in [0.15, 0.2) is 12.2 Å². The maximum absolute atomic E-state index is 12.7. The average Bonchev–Trinajstić information content (AvgIpc) is 3.18. The van der Waals surface area contributed by atoms with Gasteiger partial charge in [0.15, 0.2) is 6.10 Å². The summed E-state index contributed by atoms with van der Waals surface area (Å²) in [5.74, 6) is -0.391. The van der Waals surface area contributed by atoms with Crippen LogP contribution in [0.2, 0.25) is 0 Å². The maximum Gasteiger partial charge on any atom is 0.306 e. The summed E-state index contributed by atoms with van der Waals surface area (Å²) in [6.45, 7) is 7.83. The van der Waals surface area contributed by atoms with Gasteiger partial charge in [-0.2, -0.15) is 0 Å². The molecule has 0 unspecified atom stereocenters. The molecule has 0 N–H and O–H groups in total. The second kappa shape index (κ2) is 47.0. The van der Waals surface area contributed by atoms with E-state index < -0.39 is 6.10 Å². The average molecular weight is 777 g/mol. The molecule has 326 valence electrons. The van der Waals surface area contributed by atoms with Crippen LogP contribution in [0.25, 0.3) is 0 Å². The molecule has 0 aliphatic carbocycles. The number of carbonyl (C=O) groups is 2. The van der Waals surface area contributed by atoms with Gasteiger partial charge in [-0.25, -0.2) is 0 Å². The summed E-state index contributed by atoms with van der Waals surface area (Å²) in [6.07, 6.45) is 52.1. The molecule has 0 aromatic heterocycles. The quantitative estimate of drug-likeness (QED) is 0.0350. The second-order valence-corrected chi connectivity index (χ2v) is 16.7. The van der Waals surface area contributed by atoms with Crippen LogP contribution in [0.1, 0.15) is 271 Å². The molecular formula is C50H96O5. The highest BCUT2D eigenvalue weighted by Crippen LogP contribution is 2.16. The molecule has 0 aromatic rings. The Hall–Kier alpha value is -1.36. The highest BCUT2D eigenvalue weighted by Gasteiger charge is 2.17. The van der Waals surface area contributed by atoms with Gasteiger partial charge in [-0.05, 0) is 38.5 Å². The van der Waals surface area contributed by atoms with Gasteiger partial charge in [0.2, 0.25) is 0 Å². The van der Waals surface area contributed by atoms with Crippen molar-refractivity contribution in [3.8, 4) is 0 Å². The lowest BCUT2D eigenvalue weighted by Crippen LogP contribution is -2.30. The third-order valence-corrected chi connectivity index (χ3v) is 11.1. The molecule has 0 aromatic carbocycles. The van der Waals surface area contributed by atoms with Gasteiger partial charge in [-0.15, -0.1) is 0 Å². The predicted octanol–water partition coefficient (Wildman–Crippen LogP) is 16.3. The summed E-state index contributed by atoms with van der Waals surface area (Å²) in [7, 11) is 0. The molecule has 0 radical (unpaired) electrons. The summed E-state index contributed by atoms with van der Waals surface area (Å²) in [5.41, 5.74) is 0. The Morgan fingerprint density at radius 1 is 0.382 bits per heavy atom. The molecule has 0 saturated heterocycles. The van der Waals surface area contributed by atoms with E-state index >= 15 is 0 Å². The van der Waals surface area contributed by atoms with Crippen LogP contribution in [-0.2, 0) is 23.8 Å². The first-order valence-corrected chi connectivity index (χ1v) is 24.7. The van der Waals surface area contributed by atoms with Crippen molar-refractivity contribution >= 4 is 11.9 Å². The van der Waals surface area contributed by atoms with Gasteiger partial charge in [0.25, 0.3) is 0 Å². The Morgan fingerprint density at radius 3 is 1.16 bits per heavy atom. The first-order valence-electron chi connectivity index (χ1n) is 24.7. The first-order chi connectivity index (χ1) is 27.1. The van der Waals surface area contributed by atoms with Gasteiger partial charge >= 0.3 is 11.9 Å². The molecule has 1 atom stereocenters. The van der Waals surface area contributed by atoms with E-state index in [1.54, 1.807) is 0 Å². The van der Waals surface area contributed by atoms with Crippen molar-refractivity contribution in [2.24, 2.45) is 0 Å². The van der Waals surface area contributed by atoms with Gasteiger partial charge in [-0.1, -0.05) is 232 Å². The zero-order chi connectivity index (χ0) is 40.0. The normalized spacial score (nSPS) is 12.1. The van der Waals surface area contributed by atoms with Crippen molar-refractivity contribution in [3.05, 3.63) is 12.2 Å². The third-order valence-electron chi connectivity index (χ3n) is 11.1. The van der Waals surface area contributed by atoms with Crippen LogP contribution in [0.3, 0.4) is 0 Å². The lowest BCUT2D eigenvalue weighted by atomic mass is 10.0. The van der Waals surface area contributed by atoms with Crippen LogP contribution < -0.4 is 0 Å². The first kappa shape index (κ1) is 53.6. The van der Waals surface area contributed by atoms with Crippen molar-refractivity contribution in [2.75, 3.05) is 19.8 Å². The maximum atomic E-state index is 12.7. The van der Waals surface area contributed by atoms with Gasteiger partial charge in [-0.3, -0.25) is 9.59 Å². The summed E-state index contributed by atoms with van der Waals surface area (Å²) >= 11 is 0. The molecule has 55 heavy (non-hydrogen) atoms. The summed E-state index contributed by atoms with van der Waals surface area (Å²) in [5, 5.41) is 0. The zero-order valence-corrected chi connectivity index (χ0v) is 37.5. The Balaban J connectivity index is 4.18. The Bertz CT molecular complexity index is 795. The number of hydrogen-bond acceptors (Lipinski definition) is 5. The van der Waals surface area contributed by atoms with Crippen LogP contribution >= 0.6 is 0 Å². The number of ether oxygens (including phenoxy) is 3. The fraction of sp³-hybridized carbons (Fsp3) is 0.920. The highest BCUT2D eigenvalue weighted by molar-refractivity contribution is 5.70. The molecule has 0 rings (SSSR count). The lowest BCUT2D eigenvalue weighted by Gasteiger charge is -2.18. The van der Waals surface area contributed by atoms with Crippen LogP contribution in [0.4, 0.5) is 0 Å². The number of carbonyl (C=O) groups excluding carboxylic acids is 2.